The Morgan fingerprint density at radius 1 is 1.17 bits per heavy atom. The highest BCUT2D eigenvalue weighted by atomic mass is 16.5. The first-order valence-electron chi connectivity index (χ1n) is 8.73. The Hall–Kier alpha value is -2.14. The number of methoxy groups -OCH3 is 1. The Balaban J connectivity index is 1.54. The molecule has 2 aliphatic rings. The molecule has 126 valence electrons. The average Bonchev–Trinajstić information content (AvgIpc) is 2.66. The number of carbonyl (C=O) groups excluding carboxylic acids is 1. The predicted molar refractivity (Wildman–Crippen MR) is 93.4 cm³/mol. The van der Waals surface area contributed by atoms with Gasteiger partial charge in [0, 0.05) is 31.1 Å². The number of pyridine rings is 1. The molecule has 2 aromatic rings. The molecule has 24 heavy (non-hydrogen) atoms. The average molecular weight is 325 g/mol. The van der Waals surface area contributed by atoms with Crippen LogP contribution in [0.5, 0.6) is 5.75 Å². The van der Waals surface area contributed by atoms with Gasteiger partial charge in [-0.25, -0.2) is 4.98 Å². The van der Waals surface area contributed by atoms with Crippen molar-refractivity contribution in [2.45, 2.75) is 25.3 Å². The summed E-state index contributed by atoms with van der Waals surface area (Å²) in [6, 6.07) is 10.0. The van der Waals surface area contributed by atoms with Gasteiger partial charge >= 0.3 is 0 Å². The van der Waals surface area contributed by atoms with Crippen LogP contribution < -0.4 is 4.74 Å². The number of piperidine rings is 1. The van der Waals surface area contributed by atoms with E-state index >= 15 is 0 Å². The van der Waals surface area contributed by atoms with Crippen molar-refractivity contribution >= 4 is 16.8 Å². The maximum atomic E-state index is 12.9. The fourth-order valence-electron chi connectivity index (χ4n) is 3.85. The van der Waals surface area contributed by atoms with Gasteiger partial charge in [0.05, 0.1) is 12.6 Å². The molecule has 1 aromatic heterocycles. The zero-order valence-corrected chi connectivity index (χ0v) is 14.1. The van der Waals surface area contributed by atoms with Crippen LogP contribution in [0.15, 0.2) is 30.3 Å². The molecule has 2 aliphatic heterocycles. The lowest BCUT2D eigenvalue weighted by molar-refractivity contribution is 0.0368. The van der Waals surface area contributed by atoms with Gasteiger partial charge in [-0.3, -0.25) is 9.69 Å². The first-order chi connectivity index (χ1) is 11.7. The number of benzene rings is 1. The lowest BCUT2D eigenvalue weighted by Gasteiger charge is -2.43. The van der Waals surface area contributed by atoms with E-state index in [1.165, 1.54) is 25.8 Å². The number of hydrogen-bond donors (Lipinski definition) is 0. The molecular weight excluding hydrogens is 302 g/mol. The van der Waals surface area contributed by atoms with E-state index in [2.05, 4.69) is 9.88 Å². The highest BCUT2D eigenvalue weighted by Gasteiger charge is 2.31. The summed E-state index contributed by atoms with van der Waals surface area (Å²) in [4.78, 5) is 21.9. The Bertz CT molecular complexity index is 761. The van der Waals surface area contributed by atoms with Crippen molar-refractivity contribution in [2.24, 2.45) is 0 Å². The molecule has 1 amide bonds. The van der Waals surface area contributed by atoms with E-state index in [1.54, 1.807) is 7.11 Å². The Morgan fingerprint density at radius 2 is 2.08 bits per heavy atom. The zero-order valence-electron chi connectivity index (χ0n) is 14.1. The molecule has 0 spiro atoms. The molecule has 3 heterocycles. The molecule has 2 fully saturated rings. The van der Waals surface area contributed by atoms with Gasteiger partial charge in [-0.15, -0.1) is 0 Å². The van der Waals surface area contributed by atoms with Gasteiger partial charge in [0.1, 0.15) is 11.4 Å². The van der Waals surface area contributed by atoms with E-state index in [1.807, 2.05) is 35.2 Å². The molecule has 0 aliphatic carbocycles. The van der Waals surface area contributed by atoms with Crippen LogP contribution in [0, 0.1) is 0 Å². The zero-order chi connectivity index (χ0) is 16.5. The van der Waals surface area contributed by atoms with Crippen molar-refractivity contribution in [3.63, 3.8) is 0 Å². The fraction of sp³-hybridized carbons (Fsp3) is 0.474. The number of rotatable bonds is 2. The van der Waals surface area contributed by atoms with Crippen molar-refractivity contribution in [1.29, 1.82) is 0 Å². The van der Waals surface area contributed by atoms with Crippen LogP contribution >= 0.6 is 0 Å². The normalized spacial score (nSPS) is 21.5. The van der Waals surface area contributed by atoms with Gasteiger partial charge in [0.25, 0.3) is 5.91 Å². The minimum Gasteiger partial charge on any atom is -0.497 e. The number of fused-ring (bicyclic) bond motifs is 2. The maximum Gasteiger partial charge on any atom is 0.272 e. The molecular formula is C19H23N3O2. The van der Waals surface area contributed by atoms with Crippen LogP contribution in [-0.2, 0) is 0 Å². The predicted octanol–water partition coefficient (Wildman–Crippen LogP) is 2.55. The lowest BCUT2D eigenvalue weighted by atomic mass is 9.99. The lowest BCUT2D eigenvalue weighted by Crippen LogP contribution is -2.56. The molecule has 1 atom stereocenters. The second kappa shape index (κ2) is 6.40. The van der Waals surface area contributed by atoms with Crippen LogP contribution in [0.25, 0.3) is 10.9 Å². The highest BCUT2D eigenvalue weighted by Crippen LogP contribution is 2.23. The number of ether oxygens (including phenoxy) is 1. The van der Waals surface area contributed by atoms with Gasteiger partial charge in [0.15, 0.2) is 0 Å². The minimum atomic E-state index is 0.0536. The van der Waals surface area contributed by atoms with Gasteiger partial charge in [-0.1, -0.05) is 12.5 Å². The third-order valence-corrected chi connectivity index (χ3v) is 5.24. The fourth-order valence-corrected chi connectivity index (χ4v) is 3.85. The van der Waals surface area contributed by atoms with Gasteiger partial charge in [-0.05, 0) is 43.7 Å². The van der Waals surface area contributed by atoms with Gasteiger partial charge in [-0.2, -0.15) is 0 Å². The summed E-state index contributed by atoms with van der Waals surface area (Å²) in [5.41, 5.74) is 1.37. The molecule has 5 nitrogen and oxygen atoms in total. The monoisotopic (exact) mass is 325 g/mol. The summed E-state index contributed by atoms with van der Waals surface area (Å²) < 4.78 is 5.24. The number of carbonyl (C=O) groups is 1. The van der Waals surface area contributed by atoms with E-state index in [4.69, 9.17) is 4.74 Å². The van der Waals surface area contributed by atoms with Gasteiger partial charge < -0.3 is 9.64 Å². The molecule has 4 rings (SSSR count). The highest BCUT2D eigenvalue weighted by molar-refractivity contribution is 5.95. The summed E-state index contributed by atoms with van der Waals surface area (Å²) in [6.45, 7) is 3.81. The van der Waals surface area contributed by atoms with Crippen molar-refractivity contribution in [3.05, 3.63) is 36.0 Å². The Morgan fingerprint density at radius 3 is 2.96 bits per heavy atom. The quantitative estimate of drug-likeness (QED) is 0.851. The molecule has 2 saturated heterocycles. The first kappa shape index (κ1) is 15.4. The second-order valence-electron chi connectivity index (χ2n) is 6.69. The summed E-state index contributed by atoms with van der Waals surface area (Å²) in [5.74, 6) is 0.856. The number of aromatic nitrogens is 1. The maximum absolute atomic E-state index is 12.9. The van der Waals surface area contributed by atoms with Crippen LogP contribution in [0.2, 0.25) is 0 Å². The van der Waals surface area contributed by atoms with Gasteiger partial charge in [0.2, 0.25) is 0 Å². The molecule has 0 radical (unpaired) electrons. The molecule has 1 unspecified atom stereocenters. The summed E-state index contributed by atoms with van der Waals surface area (Å²) in [6.07, 6.45) is 3.77. The van der Waals surface area contributed by atoms with Crippen LogP contribution in [0.4, 0.5) is 0 Å². The standard InChI is InChI=1S/C19H23N3O2/c1-24-16-6-8-17-14(12-16)5-7-18(20-17)19(23)22-11-10-21-9-3-2-4-15(21)13-22/h5-8,12,15H,2-4,9-11,13H2,1H3. The van der Waals surface area contributed by atoms with Crippen LogP contribution in [0.3, 0.4) is 0 Å². The van der Waals surface area contributed by atoms with Crippen LogP contribution in [0.1, 0.15) is 29.8 Å². The van der Waals surface area contributed by atoms with E-state index < -0.39 is 0 Å². The van der Waals surface area contributed by atoms with E-state index in [0.29, 0.717) is 11.7 Å². The van der Waals surface area contributed by atoms with Crippen molar-refractivity contribution in [2.75, 3.05) is 33.3 Å². The van der Waals surface area contributed by atoms with Crippen molar-refractivity contribution in [1.82, 2.24) is 14.8 Å². The van der Waals surface area contributed by atoms with Crippen molar-refractivity contribution < 1.29 is 9.53 Å². The van der Waals surface area contributed by atoms with Crippen molar-refractivity contribution in [3.8, 4) is 5.75 Å². The number of hydrogen-bond acceptors (Lipinski definition) is 4. The topological polar surface area (TPSA) is 45.7 Å². The number of piperazine rings is 1. The van der Waals surface area contributed by atoms with E-state index in [0.717, 1.165) is 36.3 Å². The molecule has 5 heteroatoms. The Labute approximate surface area is 142 Å². The Kier molecular flexibility index (Phi) is 4.10. The SMILES string of the molecule is COc1ccc2nc(C(=O)N3CCN4CCCCC4C3)ccc2c1. The third kappa shape index (κ3) is 2.84. The summed E-state index contributed by atoms with van der Waals surface area (Å²) >= 11 is 0. The smallest absolute Gasteiger partial charge is 0.272 e. The number of nitrogens with zero attached hydrogens (tertiary/aromatic N) is 3. The van der Waals surface area contributed by atoms with Crippen LogP contribution in [-0.4, -0.2) is 60.0 Å². The molecule has 0 bridgehead atoms. The molecule has 1 aromatic carbocycles. The largest absolute Gasteiger partial charge is 0.497 e. The second-order valence-corrected chi connectivity index (χ2v) is 6.69. The summed E-state index contributed by atoms with van der Waals surface area (Å²) in [7, 11) is 1.65. The first-order valence-corrected chi connectivity index (χ1v) is 8.73. The van der Waals surface area contributed by atoms with E-state index in [-0.39, 0.29) is 5.91 Å². The minimum absolute atomic E-state index is 0.0536. The number of amides is 1. The third-order valence-electron chi connectivity index (χ3n) is 5.24. The summed E-state index contributed by atoms with van der Waals surface area (Å²) in [5, 5.41) is 0.989. The molecule has 0 saturated carbocycles. The van der Waals surface area contributed by atoms with E-state index in [9.17, 15) is 4.79 Å². The molecule has 0 N–H and O–H groups in total.